The van der Waals surface area contributed by atoms with E-state index in [4.69, 9.17) is 4.74 Å². The van der Waals surface area contributed by atoms with Gasteiger partial charge in [-0.3, -0.25) is 10.2 Å². The van der Waals surface area contributed by atoms with Crippen LogP contribution >= 0.6 is 11.3 Å². The number of carbonyl (C=O) groups is 1. The molecule has 2 aromatic rings. The SMILES string of the molecule is CCOC(=O)Cc1csc(NN=Cc2ccc(C(F)(F)F)c(F)c2F)n1. The van der Waals surface area contributed by atoms with E-state index in [1.807, 2.05) is 0 Å². The standard InChI is InChI=1S/C15H12F5N3O2S/c1-2-25-11(24)5-9-7-26-14(22-9)23-21-6-8-3-4-10(15(18,19)20)13(17)12(8)16/h3-4,6-7H,2,5H2,1H3,(H,22,23). The third-order valence-electron chi connectivity index (χ3n) is 2.96. The highest BCUT2D eigenvalue weighted by Gasteiger charge is 2.35. The fraction of sp³-hybridized carbons (Fsp3) is 0.267. The molecule has 0 aliphatic carbocycles. The van der Waals surface area contributed by atoms with Crippen molar-refractivity contribution in [1.82, 2.24) is 4.98 Å². The van der Waals surface area contributed by atoms with Gasteiger partial charge in [0, 0.05) is 10.9 Å². The molecule has 0 radical (unpaired) electrons. The molecule has 0 bridgehead atoms. The van der Waals surface area contributed by atoms with Crippen molar-refractivity contribution in [2.75, 3.05) is 12.0 Å². The monoisotopic (exact) mass is 393 g/mol. The first kappa shape index (κ1) is 19.8. The summed E-state index contributed by atoms with van der Waals surface area (Å²) in [6.45, 7) is 1.91. The molecule has 26 heavy (non-hydrogen) atoms. The summed E-state index contributed by atoms with van der Waals surface area (Å²) in [6.07, 6.45) is -4.20. The van der Waals surface area contributed by atoms with Crippen molar-refractivity contribution in [3.63, 3.8) is 0 Å². The number of thiazole rings is 1. The zero-order chi connectivity index (χ0) is 19.3. The van der Waals surface area contributed by atoms with Crippen LogP contribution in [0, 0.1) is 11.6 Å². The van der Waals surface area contributed by atoms with Gasteiger partial charge in [-0.15, -0.1) is 11.3 Å². The van der Waals surface area contributed by atoms with Crippen LogP contribution in [-0.2, 0) is 22.1 Å². The van der Waals surface area contributed by atoms with Gasteiger partial charge in [0.15, 0.2) is 11.6 Å². The number of nitrogens with one attached hydrogen (secondary N) is 1. The molecule has 0 aliphatic rings. The Morgan fingerprint density at radius 1 is 1.35 bits per heavy atom. The maximum Gasteiger partial charge on any atom is 0.419 e. The van der Waals surface area contributed by atoms with Crippen molar-refractivity contribution in [1.29, 1.82) is 0 Å². The minimum absolute atomic E-state index is 0.0333. The van der Waals surface area contributed by atoms with Crippen molar-refractivity contribution in [2.24, 2.45) is 5.10 Å². The van der Waals surface area contributed by atoms with E-state index in [1.165, 1.54) is 0 Å². The lowest BCUT2D eigenvalue weighted by molar-refractivity contribution is -0.142. The summed E-state index contributed by atoms with van der Waals surface area (Å²) in [6, 6.07) is 1.20. The quantitative estimate of drug-likeness (QED) is 0.349. The van der Waals surface area contributed by atoms with Crippen LogP contribution < -0.4 is 5.43 Å². The summed E-state index contributed by atoms with van der Waals surface area (Å²) < 4.78 is 69.4. The number of ether oxygens (including phenoxy) is 1. The second-order valence-electron chi connectivity index (χ2n) is 4.82. The van der Waals surface area contributed by atoms with E-state index in [9.17, 15) is 26.7 Å². The molecule has 0 saturated heterocycles. The zero-order valence-electron chi connectivity index (χ0n) is 13.2. The number of aromatic nitrogens is 1. The number of carbonyl (C=O) groups excluding carboxylic acids is 1. The molecule has 1 N–H and O–H groups in total. The molecule has 2 rings (SSSR count). The Balaban J connectivity index is 2.04. The Labute approximate surface area is 148 Å². The van der Waals surface area contributed by atoms with Gasteiger partial charge < -0.3 is 4.74 Å². The summed E-state index contributed by atoms with van der Waals surface area (Å²) in [5.74, 6) is -4.10. The van der Waals surface area contributed by atoms with Crippen LogP contribution in [-0.4, -0.2) is 23.8 Å². The van der Waals surface area contributed by atoms with Crippen molar-refractivity contribution in [2.45, 2.75) is 19.5 Å². The van der Waals surface area contributed by atoms with Crippen molar-refractivity contribution >= 4 is 28.7 Å². The van der Waals surface area contributed by atoms with Gasteiger partial charge in [0.05, 0.1) is 30.5 Å². The Morgan fingerprint density at radius 3 is 2.73 bits per heavy atom. The summed E-state index contributed by atoms with van der Waals surface area (Å²) in [7, 11) is 0. The summed E-state index contributed by atoms with van der Waals surface area (Å²) in [5.41, 5.74) is 0.695. The summed E-state index contributed by atoms with van der Waals surface area (Å²) in [4.78, 5) is 15.3. The molecule has 0 unspecified atom stereocenters. The highest BCUT2D eigenvalue weighted by atomic mass is 32.1. The first-order chi connectivity index (χ1) is 12.2. The molecular formula is C15H12F5N3O2S. The van der Waals surface area contributed by atoms with E-state index in [0.717, 1.165) is 23.6 Å². The number of esters is 1. The summed E-state index contributed by atoms with van der Waals surface area (Å²) >= 11 is 1.10. The number of benzene rings is 1. The van der Waals surface area contributed by atoms with Gasteiger partial charge in [-0.2, -0.15) is 18.3 Å². The molecule has 0 aliphatic heterocycles. The van der Waals surface area contributed by atoms with Crippen LogP contribution in [0.5, 0.6) is 0 Å². The molecule has 0 spiro atoms. The predicted molar refractivity (Wildman–Crippen MR) is 85.0 cm³/mol. The highest BCUT2D eigenvalue weighted by Crippen LogP contribution is 2.32. The van der Waals surface area contributed by atoms with Gasteiger partial charge in [-0.1, -0.05) is 0 Å². The van der Waals surface area contributed by atoms with Crippen LogP contribution in [0.4, 0.5) is 27.1 Å². The zero-order valence-corrected chi connectivity index (χ0v) is 14.0. The second-order valence-corrected chi connectivity index (χ2v) is 5.68. The van der Waals surface area contributed by atoms with Crippen LogP contribution in [0.1, 0.15) is 23.7 Å². The van der Waals surface area contributed by atoms with E-state index < -0.39 is 34.9 Å². The molecule has 5 nitrogen and oxygen atoms in total. The first-order valence-electron chi connectivity index (χ1n) is 7.16. The van der Waals surface area contributed by atoms with Gasteiger partial charge >= 0.3 is 12.1 Å². The molecule has 11 heteroatoms. The topological polar surface area (TPSA) is 63.6 Å². The number of halogens is 5. The molecule has 140 valence electrons. The maximum absolute atomic E-state index is 13.7. The van der Waals surface area contributed by atoms with Gasteiger partial charge in [-0.25, -0.2) is 13.8 Å². The lowest BCUT2D eigenvalue weighted by Crippen LogP contribution is -2.11. The number of hydrazone groups is 1. The predicted octanol–water partition coefficient (Wildman–Crippen LogP) is 3.99. The smallest absolute Gasteiger partial charge is 0.419 e. The molecule has 1 aromatic heterocycles. The second kappa shape index (κ2) is 8.21. The Kier molecular flexibility index (Phi) is 6.24. The largest absolute Gasteiger partial charge is 0.466 e. The number of rotatable bonds is 6. The van der Waals surface area contributed by atoms with Gasteiger partial charge in [0.25, 0.3) is 0 Å². The van der Waals surface area contributed by atoms with E-state index in [2.05, 4.69) is 15.5 Å². The molecule has 1 heterocycles. The lowest BCUT2D eigenvalue weighted by atomic mass is 10.1. The number of hydrogen-bond donors (Lipinski definition) is 1. The van der Waals surface area contributed by atoms with E-state index in [0.29, 0.717) is 11.8 Å². The first-order valence-corrected chi connectivity index (χ1v) is 8.04. The Bertz CT molecular complexity index is 820. The van der Waals surface area contributed by atoms with Crippen LogP contribution in [0.25, 0.3) is 0 Å². The van der Waals surface area contributed by atoms with Gasteiger partial charge in [0.1, 0.15) is 0 Å². The van der Waals surface area contributed by atoms with Gasteiger partial charge in [0.2, 0.25) is 5.13 Å². The number of anilines is 1. The number of nitrogens with zero attached hydrogens (tertiary/aromatic N) is 2. The molecule has 0 atom stereocenters. The molecular weight excluding hydrogens is 381 g/mol. The van der Waals surface area contributed by atoms with Crippen LogP contribution in [0.15, 0.2) is 22.6 Å². The molecule has 0 amide bonds. The van der Waals surface area contributed by atoms with E-state index in [-0.39, 0.29) is 18.2 Å². The minimum atomic E-state index is -4.99. The third kappa shape index (κ3) is 4.97. The number of hydrogen-bond acceptors (Lipinski definition) is 6. The fourth-order valence-electron chi connectivity index (χ4n) is 1.84. The van der Waals surface area contributed by atoms with Crippen LogP contribution in [0.2, 0.25) is 0 Å². The highest BCUT2D eigenvalue weighted by molar-refractivity contribution is 7.13. The Morgan fingerprint density at radius 2 is 2.08 bits per heavy atom. The van der Waals surface area contributed by atoms with Crippen molar-refractivity contribution < 1.29 is 31.5 Å². The molecule has 0 fully saturated rings. The third-order valence-corrected chi connectivity index (χ3v) is 3.76. The lowest BCUT2D eigenvalue weighted by Gasteiger charge is -2.09. The van der Waals surface area contributed by atoms with E-state index in [1.54, 1.807) is 12.3 Å². The average Bonchev–Trinajstić information content (AvgIpc) is 2.97. The normalized spacial score (nSPS) is 11.8. The molecule has 0 saturated carbocycles. The summed E-state index contributed by atoms with van der Waals surface area (Å²) in [5, 5.41) is 5.44. The fourth-order valence-corrected chi connectivity index (χ4v) is 2.50. The minimum Gasteiger partial charge on any atom is -0.466 e. The van der Waals surface area contributed by atoms with E-state index >= 15 is 0 Å². The number of alkyl halides is 3. The van der Waals surface area contributed by atoms with Crippen molar-refractivity contribution in [3.05, 3.63) is 46.0 Å². The maximum atomic E-state index is 13.7. The van der Waals surface area contributed by atoms with Gasteiger partial charge in [-0.05, 0) is 19.1 Å². The van der Waals surface area contributed by atoms with Crippen molar-refractivity contribution in [3.8, 4) is 0 Å². The average molecular weight is 393 g/mol. The molecule has 1 aromatic carbocycles. The van der Waals surface area contributed by atoms with Crippen LogP contribution in [0.3, 0.4) is 0 Å². The Hall–Kier alpha value is -2.56.